The number of para-hydroxylation sites is 1. The summed E-state index contributed by atoms with van der Waals surface area (Å²) in [5.74, 6) is -1.38. The standard InChI is InChI=1S/C30H28FN5O4S/c1-35(2)41(39,40)36-19-22(25-10-6-7-11-28(25)36)16-27(34-29(37)20-8-4-3-5-9-20)30(38)32-15-14-21-18-33-26-17-23(31)12-13-24(21)26/h3-13,16-19,33H,14-15H2,1-2H3,(H,32,38)(H,34,37)/b27-16-. The first-order valence-corrected chi connectivity index (χ1v) is 14.2. The highest BCUT2D eigenvalue weighted by Gasteiger charge is 2.22. The highest BCUT2D eigenvalue weighted by Crippen LogP contribution is 2.26. The molecular weight excluding hydrogens is 545 g/mol. The van der Waals surface area contributed by atoms with E-state index in [4.69, 9.17) is 0 Å². The molecule has 41 heavy (non-hydrogen) atoms. The Labute approximate surface area is 236 Å². The molecule has 3 aromatic carbocycles. The first kappa shape index (κ1) is 27.8. The van der Waals surface area contributed by atoms with E-state index in [1.54, 1.807) is 66.9 Å². The second kappa shape index (κ2) is 11.4. The predicted molar refractivity (Wildman–Crippen MR) is 157 cm³/mol. The van der Waals surface area contributed by atoms with Crippen LogP contribution in [0.1, 0.15) is 21.5 Å². The summed E-state index contributed by atoms with van der Waals surface area (Å²) in [4.78, 5) is 29.5. The fourth-order valence-corrected chi connectivity index (χ4v) is 5.53. The molecule has 5 rings (SSSR count). The van der Waals surface area contributed by atoms with E-state index in [-0.39, 0.29) is 18.1 Å². The van der Waals surface area contributed by atoms with Crippen LogP contribution in [0.2, 0.25) is 0 Å². The Morgan fingerprint density at radius 3 is 2.49 bits per heavy atom. The number of H-pyrrole nitrogens is 1. The van der Waals surface area contributed by atoms with Gasteiger partial charge in [0.05, 0.1) is 5.52 Å². The molecule has 210 valence electrons. The molecule has 0 aliphatic heterocycles. The van der Waals surface area contributed by atoms with Crippen LogP contribution < -0.4 is 10.6 Å². The Bertz CT molecular complexity index is 1890. The Morgan fingerprint density at radius 2 is 1.73 bits per heavy atom. The molecule has 0 saturated heterocycles. The predicted octanol–water partition coefficient (Wildman–Crippen LogP) is 4.05. The molecule has 0 radical (unpaired) electrons. The van der Waals surface area contributed by atoms with Crippen LogP contribution in [0.15, 0.2) is 90.9 Å². The van der Waals surface area contributed by atoms with Crippen molar-refractivity contribution in [3.63, 3.8) is 0 Å². The van der Waals surface area contributed by atoms with Gasteiger partial charge in [0.15, 0.2) is 0 Å². The van der Waals surface area contributed by atoms with Gasteiger partial charge in [0.2, 0.25) is 0 Å². The highest BCUT2D eigenvalue weighted by atomic mass is 32.2. The normalized spacial score (nSPS) is 12.2. The molecule has 0 aliphatic carbocycles. The van der Waals surface area contributed by atoms with E-state index < -0.39 is 22.0 Å². The summed E-state index contributed by atoms with van der Waals surface area (Å²) in [6.07, 6.45) is 5.11. The Kier molecular flexibility index (Phi) is 7.73. The molecule has 0 saturated carbocycles. The van der Waals surface area contributed by atoms with E-state index in [1.807, 2.05) is 0 Å². The van der Waals surface area contributed by atoms with Gasteiger partial charge in [-0.25, -0.2) is 8.36 Å². The largest absolute Gasteiger partial charge is 0.361 e. The molecule has 3 N–H and O–H groups in total. The summed E-state index contributed by atoms with van der Waals surface area (Å²) in [5, 5.41) is 6.96. The SMILES string of the molecule is CN(C)S(=O)(=O)n1cc(/C=C(\NC(=O)c2ccccc2)C(=O)NCCc2c[nH]c3cc(F)ccc23)c2ccccc21. The van der Waals surface area contributed by atoms with Crippen molar-refractivity contribution in [2.75, 3.05) is 20.6 Å². The summed E-state index contributed by atoms with van der Waals surface area (Å²) in [7, 11) is -0.992. The van der Waals surface area contributed by atoms with Crippen LogP contribution in [0, 0.1) is 5.82 Å². The average molecular weight is 574 g/mol. The van der Waals surface area contributed by atoms with Gasteiger partial charge in [0.1, 0.15) is 11.5 Å². The second-order valence-corrected chi connectivity index (χ2v) is 11.6. The van der Waals surface area contributed by atoms with Crippen LogP contribution in [0.25, 0.3) is 27.9 Å². The van der Waals surface area contributed by atoms with Gasteiger partial charge in [-0.05, 0) is 54.5 Å². The first-order chi connectivity index (χ1) is 19.6. The molecule has 0 fully saturated rings. The fraction of sp³-hybridized carbons (Fsp3) is 0.133. The van der Waals surface area contributed by atoms with Gasteiger partial charge < -0.3 is 15.6 Å². The monoisotopic (exact) mass is 573 g/mol. The number of hydrogen-bond acceptors (Lipinski definition) is 4. The third kappa shape index (κ3) is 5.76. The molecule has 0 atom stereocenters. The molecule has 9 nitrogen and oxygen atoms in total. The molecule has 0 unspecified atom stereocenters. The molecular formula is C30H28FN5O4S. The zero-order valence-electron chi connectivity index (χ0n) is 22.4. The first-order valence-electron chi connectivity index (χ1n) is 12.8. The van der Waals surface area contributed by atoms with Gasteiger partial charge in [-0.15, -0.1) is 0 Å². The molecule has 0 spiro atoms. The van der Waals surface area contributed by atoms with Gasteiger partial charge in [-0.1, -0.05) is 36.4 Å². The lowest BCUT2D eigenvalue weighted by Crippen LogP contribution is -2.35. The molecule has 2 heterocycles. The number of rotatable bonds is 9. The summed E-state index contributed by atoms with van der Waals surface area (Å²) < 4.78 is 41.8. The van der Waals surface area contributed by atoms with E-state index in [0.717, 1.165) is 19.2 Å². The van der Waals surface area contributed by atoms with Crippen molar-refractivity contribution < 1.29 is 22.4 Å². The van der Waals surface area contributed by atoms with Crippen LogP contribution in [0.3, 0.4) is 0 Å². The molecule has 5 aromatic rings. The quantitative estimate of drug-likeness (QED) is 0.231. The maximum Gasteiger partial charge on any atom is 0.307 e. The number of hydrogen-bond donors (Lipinski definition) is 3. The maximum absolute atomic E-state index is 13.5. The number of carbonyl (C=O) groups excluding carboxylic acids is 2. The van der Waals surface area contributed by atoms with E-state index in [0.29, 0.717) is 34.0 Å². The Morgan fingerprint density at radius 1 is 1.00 bits per heavy atom. The summed E-state index contributed by atoms with van der Waals surface area (Å²) >= 11 is 0. The van der Waals surface area contributed by atoms with Crippen LogP contribution >= 0.6 is 0 Å². The van der Waals surface area contributed by atoms with E-state index in [1.165, 1.54) is 38.5 Å². The minimum absolute atomic E-state index is 0.0509. The third-order valence-electron chi connectivity index (χ3n) is 6.66. The van der Waals surface area contributed by atoms with Gasteiger partial charge in [0, 0.05) is 60.4 Å². The number of halogens is 1. The lowest BCUT2D eigenvalue weighted by atomic mass is 10.1. The molecule has 0 bridgehead atoms. The minimum Gasteiger partial charge on any atom is -0.361 e. The number of amides is 2. The van der Waals surface area contributed by atoms with Crippen molar-refractivity contribution in [3.8, 4) is 0 Å². The van der Waals surface area contributed by atoms with Crippen LogP contribution in [0.4, 0.5) is 4.39 Å². The summed E-state index contributed by atoms with van der Waals surface area (Å²) in [5.41, 5.74) is 2.72. The number of aromatic amines is 1. The van der Waals surface area contributed by atoms with Crippen molar-refractivity contribution in [3.05, 3.63) is 113 Å². The number of carbonyl (C=O) groups is 2. The minimum atomic E-state index is -3.86. The maximum atomic E-state index is 13.5. The number of fused-ring (bicyclic) bond motifs is 2. The average Bonchev–Trinajstić information content (AvgIpc) is 3.54. The van der Waals surface area contributed by atoms with Crippen molar-refractivity contribution in [1.29, 1.82) is 0 Å². The lowest BCUT2D eigenvalue weighted by molar-refractivity contribution is -0.117. The number of nitrogens with zero attached hydrogens (tertiary/aromatic N) is 2. The summed E-state index contributed by atoms with van der Waals surface area (Å²) in [6.45, 7) is 0.235. The van der Waals surface area contributed by atoms with Gasteiger partial charge >= 0.3 is 10.2 Å². The fourth-order valence-electron chi connectivity index (χ4n) is 4.53. The van der Waals surface area contributed by atoms with Crippen molar-refractivity contribution >= 4 is 49.9 Å². The van der Waals surface area contributed by atoms with Crippen LogP contribution in [0.5, 0.6) is 0 Å². The van der Waals surface area contributed by atoms with Crippen molar-refractivity contribution in [2.45, 2.75) is 6.42 Å². The van der Waals surface area contributed by atoms with E-state index in [2.05, 4.69) is 15.6 Å². The Hall–Kier alpha value is -4.74. The van der Waals surface area contributed by atoms with Crippen LogP contribution in [-0.4, -0.2) is 54.1 Å². The number of nitrogens with one attached hydrogen (secondary N) is 3. The highest BCUT2D eigenvalue weighted by molar-refractivity contribution is 7.87. The van der Waals surface area contributed by atoms with Gasteiger partial charge in [-0.2, -0.15) is 12.7 Å². The van der Waals surface area contributed by atoms with Gasteiger partial charge in [-0.3, -0.25) is 9.59 Å². The zero-order chi connectivity index (χ0) is 29.1. The van der Waals surface area contributed by atoms with Crippen LogP contribution in [-0.2, 0) is 21.4 Å². The van der Waals surface area contributed by atoms with Crippen molar-refractivity contribution in [1.82, 2.24) is 23.9 Å². The second-order valence-electron chi connectivity index (χ2n) is 9.58. The Balaban J connectivity index is 1.46. The number of aromatic nitrogens is 2. The topological polar surface area (TPSA) is 116 Å². The number of benzene rings is 3. The van der Waals surface area contributed by atoms with Gasteiger partial charge in [0.25, 0.3) is 11.8 Å². The van der Waals surface area contributed by atoms with E-state index in [9.17, 15) is 22.4 Å². The molecule has 2 aromatic heterocycles. The smallest absolute Gasteiger partial charge is 0.307 e. The third-order valence-corrected chi connectivity index (χ3v) is 8.38. The van der Waals surface area contributed by atoms with Crippen molar-refractivity contribution in [2.24, 2.45) is 0 Å². The summed E-state index contributed by atoms with van der Waals surface area (Å²) in [6, 6.07) is 19.8. The molecule has 2 amide bonds. The van der Waals surface area contributed by atoms with E-state index >= 15 is 0 Å². The molecule has 0 aliphatic rings. The lowest BCUT2D eigenvalue weighted by Gasteiger charge is -2.13. The zero-order valence-corrected chi connectivity index (χ0v) is 23.2. The molecule has 11 heteroatoms.